The molecule has 1 amide bonds. The van der Waals surface area contributed by atoms with Crippen LogP contribution in [0.4, 0.5) is 23.4 Å². The lowest BCUT2D eigenvalue weighted by Gasteiger charge is -2.10. The zero-order valence-corrected chi connectivity index (χ0v) is 18.8. The van der Waals surface area contributed by atoms with Gasteiger partial charge in [-0.2, -0.15) is 13.2 Å². The van der Waals surface area contributed by atoms with Gasteiger partial charge in [0.25, 0.3) is 0 Å². The number of amides is 1. The lowest BCUT2D eigenvalue weighted by molar-refractivity contribution is -0.138. The van der Waals surface area contributed by atoms with Crippen LogP contribution in [0.3, 0.4) is 0 Å². The van der Waals surface area contributed by atoms with Crippen molar-refractivity contribution in [1.82, 2.24) is 9.97 Å². The largest absolute Gasteiger partial charge is 0.439 e. The Morgan fingerprint density at radius 3 is 2.51 bits per heavy atom. The summed E-state index contributed by atoms with van der Waals surface area (Å²) in [5.41, 5.74) is -0.803. The third-order valence-electron chi connectivity index (χ3n) is 5.16. The number of ether oxygens (including phenoxy) is 1. The lowest BCUT2D eigenvalue weighted by atomic mass is 10.0. The van der Waals surface area contributed by atoms with E-state index in [0.717, 1.165) is 25.0 Å². The van der Waals surface area contributed by atoms with Crippen LogP contribution < -0.4 is 10.1 Å². The van der Waals surface area contributed by atoms with Crippen molar-refractivity contribution in [3.8, 4) is 11.6 Å². The van der Waals surface area contributed by atoms with Crippen LogP contribution in [0.15, 0.2) is 48.8 Å². The molecule has 1 saturated carbocycles. The lowest BCUT2D eigenvalue weighted by Crippen LogP contribution is -2.14. The summed E-state index contributed by atoms with van der Waals surface area (Å²) < 4.78 is 57.9. The molecule has 0 atom stereocenters. The van der Waals surface area contributed by atoms with Crippen LogP contribution in [-0.4, -0.2) is 21.7 Å². The van der Waals surface area contributed by atoms with Gasteiger partial charge in [-0.05, 0) is 54.3 Å². The van der Waals surface area contributed by atoms with Crippen LogP contribution >= 0.6 is 11.6 Å². The second kappa shape index (κ2) is 9.99. The number of aromatic nitrogens is 2. The summed E-state index contributed by atoms with van der Waals surface area (Å²) in [6, 6.07) is 8.03. The molecule has 1 N–H and O–H groups in total. The third-order valence-corrected chi connectivity index (χ3v) is 5.51. The van der Waals surface area contributed by atoms with Crippen LogP contribution in [0.2, 0.25) is 5.02 Å². The molecular formula is C24H18ClF4N3O3. The molecule has 4 rings (SSSR count). The monoisotopic (exact) mass is 507 g/mol. The van der Waals surface area contributed by atoms with E-state index >= 15 is 0 Å². The Labute approximate surface area is 202 Å². The van der Waals surface area contributed by atoms with E-state index < -0.39 is 23.3 Å². The minimum atomic E-state index is -4.72. The highest BCUT2D eigenvalue weighted by Crippen LogP contribution is 2.32. The van der Waals surface area contributed by atoms with E-state index in [9.17, 15) is 27.2 Å². The SMILES string of the molecule is O=C(Cc1cc(F)cc(C(F)(F)F)c1)Cc1ccc(Oc2cc(NC(=O)C3CC3)ncn2)cc1Cl. The van der Waals surface area contributed by atoms with E-state index in [0.29, 0.717) is 23.2 Å². The number of rotatable bonds is 8. The van der Waals surface area contributed by atoms with Gasteiger partial charge in [-0.3, -0.25) is 9.59 Å². The molecule has 182 valence electrons. The van der Waals surface area contributed by atoms with Crippen molar-refractivity contribution in [3.63, 3.8) is 0 Å². The fourth-order valence-corrected chi connectivity index (χ4v) is 3.55. The zero-order chi connectivity index (χ0) is 25.2. The minimum absolute atomic E-state index is 0.0102. The number of Topliss-reactive ketones (excluding diaryl/α,β-unsaturated/α-hetero) is 1. The number of nitrogens with zero attached hydrogens (tertiary/aromatic N) is 2. The first-order valence-corrected chi connectivity index (χ1v) is 10.9. The molecule has 2 aromatic carbocycles. The van der Waals surface area contributed by atoms with Gasteiger partial charge < -0.3 is 10.1 Å². The molecule has 0 aliphatic heterocycles. The van der Waals surface area contributed by atoms with Gasteiger partial charge in [0.2, 0.25) is 11.8 Å². The van der Waals surface area contributed by atoms with E-state index in [-0.39, 0.29) is 41.1 Å². The maximum absolute atomic E-state index is 13.6. The van der Waals surface area contributed by atoms with Gasteiger partial charge in [-0.15, -0.1) is 0 Å². The van der Waals surface area contributed by atoms with Gasteiger partial charge in [0, 0.05) is 29.8 Å². The number of carbonyl (C=O) groups is 2. The minimum Gasteiger partial charge on any atom is -0.439 e. The van der Waals surface area contributed by atoms with Crippen LogP contribution in [0, 0.1) is 11.7 Å². The van der Waals surface area contributed by atoms with Crippen LogP contribution in [0.1, 0.15) is 29.5 Å². The normalized spacial score (nSPS) is 13.4. The van der Waals surface area contributed by atoms with E-state index in [4.69, 9.17) is 16.3 Å². The van der Waals surface area contributed by atoms with E-state index in [2.05, 4.69) is 15.3 Å². The molecule has 1 aliphatic carbocycles. The fraction of sp³-hybridized carbons (Fsp3) is 0.250. The van der Waals surface area contributed by atoms with Gasteiger partial charge in [0.05, 0.1) is 5.56 Å². The van der Waals surface area contributed by atoms with Gasteiger partial charge in [0.1, 0.15) is 29.5 Å². The average molecular weight is 508 g/mol. The second-order valence-electron chi connectivity index (χ2n) is 8.10. The summed E-state index contributed by atoms with van der Waals surface area (Å²) in [5.74, 6) is -0.836. The molecule has 1 aromatic heterocycles. The second-order valence-corrected chi connectivity index (χ2v) is 8.51. The topological polar surface area (TPSA) is 81.2 Å². The van der Waals surface area contributed by atoms with Crippen LogP contribution in [-0.2, 0) is 28.6 Å². The summed E-state index contributed by atoms with van der Waals surface area (Å²) in [7, 11) is 0. The van der Waals surface area contributed by atoms with E-state index in [1.807, 2.05) is 0 Å². The molecule has 1 aliphatic rings. The maximum atomic E-state index is 13.6. The van der Waals surface area contributed by atoms with E-state index in [1.165, 1.54) is 18.5 Å². The highest BCUT2D eigenvalue weighted by Gasteiger charge is 2.31. The van der Waals surface area contributed by atoms with Crippen molar-refractivity contribution in [3.05, 3.63) is 76.3 Å². The Morgan fingerprint density at radius 1 is 1.06 bits per heavy atom. The zero-order valence-electron chi connectivity index (χ0n) is 18.0. The van der Waals surface area contributed by atoms with Gasteiger partial charge in [-0.1, -0.05) is 17.7 Å². The number of alkyl halides is 3. The van der Waals surface area contributed by atoms with Crippen molar-refractivity contribution in [2.75, 3.05) is 5.32 Å². The Balaban J connectivity index is 1.39. The number of anilines is 1. The average Bonchev–Trinajstić information content (AvgIpc) is 3.60. The van der Waals surface area contributed by atoms with Gasteiger partial charge in [0.15, 0.2) is 0 Å². The highest BCUT2D eigenvalue weighted by molar-refractivity contribution is 6.31. The Morgan fingerprint density at radius 2 is 1.83 bits per heavy atom. The summed E-state index contributed by atoms with van der Waals surface area (Å²) >= 11 is 6.26. The molecule has 1 heterocycles. The molecule has 6 nitrogen and oxygen atoms in total. The number of ketones is 1. The molecular weight excluding hydrogens is 490 g/mol. The molecule has 0 saturated heterocycles. The molecule has 35 heavy (non-hydrogen) atoms. The van der Waals surface area contributed by atoms with Crippen molar-refractivity contribution in [2.45, 2.75) is 31.9 Å². The van der Waals surface area contributed by atoms with Crippen molar-refractivity contribution >= 4 is 29.1 Å². The van der Waals surface area contributed by atoms with Crippen molar-refractivity contribution in [1.29, 1.82) is 0 Å². The number of benzene rings is 2. The number of carbonyl (C=O) groups excluding carboxylic acids is 2. The Bertz CT molecular complexity index is 1280. The van der Waals surface area contributed by atoms with Crippen molar-refractivity contribution < 1.29 is 31.9 Å². The quantitative estimate of drug-likeness (QED) is 0.391. The van der Waals surface area contributed by atoms with Crippen LogP contribution in [0.25, 0.3) is 0 Å². The van der Waals surface area contributed by atoms with Gasteiger partial charge in [-0.25, -0.2) is 14.4 Å². The molecule has 0 bridgehead atoms. The maximum Gasteiger partial charge on any atom is 0.416 e. The number of hydrogen-bond acceptors (Lipinski definition) is 5. The van der Waals surface area contributed by atoms with Crippen LogP contribution in [0.5, 0.6) is 11.6 Å². The highest BCUT2D eigenvalue weighted by atomic mass is 35.5. The summed E-state index contributed by atoms with van der Waals surface area (Å²) in [6.45, 7) is 0. The molecule has 11 heteroatoms. The molecule has 0 spiro atoms. The molecule has 0 radical (unpaired) electrons. The first kappa shape index (κ1) is 24.6. The first-order chi connectivity index (χ1) is 16.6. The number of halogens is 5. The summed E-state index contributed by atoms with van der Waals surface area (Å²) in [6.07, 6.45) is -2.32. The van der Waals surface area contributed by atoms with Gasteiger partial charge >= 0.3 is 6.18 Å². The Hall–Kier alpha value is -3.53. The summed E-state index contributed by atoms with van der Waals surface area (Å²) in [5, 5.41) is 2.88. The van der Waals surface area contributed by atoms with E-state index in [1.54, 1.807) is 12.1 Å². The first-order valence-electron chi connectivity index (χ1n) is 10.5. The molecule has 3 aromatic rings. The fourth-order valence-electron chi connectivity index (χ4n) is 3.31. The smallest absolute Gasteiger partial charge is 0.416 e. The standard InChI is InChI=1S/C24H18ClF4N3O3/c25-20-10-19(35-22-11-21(30-12-31-22)32-23(34)14-1-2-14)4-3-15(20)8-18(33)7-13-5-16(24(27,28)29)9-17(26)6-13/h3-6,9-12,14H,1-2,7-8H2,(H,30,31,32,34). The predicted molar refractivity (Wildman–Crippen MR) is 119 cm³/mol. The van der Waals surface area contributed by atoms with Crippen molar-refractivity contribution in [2.24, 2.45) is 5.92 Å². The number of hydrogen-bond donors (Lipinski definition) is 1. The third kappa shape index (κ3) is 6.75. The summed E-state index contributed by atoms with van der Waals surface area (Å²) in [4.78, 5) is 32.3. The number of nitrogens with one attached hydrogen (secondary N) is 1. The Kier molecular flexibility index (Phi) is 7.02. The predicted octanol–water partition coefficient (Wildman–Crippen LogP) is 5.78. The molecule has 1 fully saturated rings. The molecule has 0 unspecified atom stereocenters.